The van der Waals surface area contributed by atoms with Gasteiger partial charge in [0.2, 0.25) is 0 Å². The molecule has 1 aromatic rings. The first kappa shape index (κ1) is 13.7. The summed E-state index contributed by atoms with van der Waals surface area (Å²) in [7, 11) is 3.40. The molecular weight excluding hydrogens is 246 g/mol. The summed E-state index contributed by atoms with van der Waals surface area (Å²) in [5, 5.41) is 7.99. The molecule has 104 valence electrons. The molecule has 1 fully saturated rings. The first-order chi connectivity index (χ1) is 9.15. The van der Waals surface area contributed by atoms with Gasteiger partial charge in [0.25, 0.3) is 0 Å². The van der Waals surface area contributed by atoms with Crippen LogP contribution in [0.1, 0.15) is 10.5 Å². The van der Waals surface area contributed by atoms with Crippen molar-refractivity contribution in [2.24, 2.45) is 5.73 Å². The fourth-order valence-corrected chi connectivity index (χ4v) is 2.21. The van der Waals surface area contributed by atoms with Crippen LogP contribution in [0.5, 0.6) is 0 Å². The van der Waals surface area contributed by atoms with Crippen LogP contribution in [0.3, 0.4) is 0 Å². The Morgan fingerprint density at radius 1 is 1.47 bits per heavy atom. The van der Waals surface area contributed by atoms with Crippen LogP contribution in [0.15, 0.2) is 12.1 Å². The Kier molecular flexibility index (Phi) is 4.28. The molecule has 1 unspecified atom stereocenters. The summed E-state index contributed by atoms with van der Waals surface area (Å²) < 4.78 is 4.60. The van der Waals surface area contributed by atoms with Crippen molar-refractivity contribution in [3.63, 3.8) is 0 Å². The van der Waals surface area contributed by atoms with Crippen LogP contribution in [0.2, 0.25) is 0 Å². The highest BCUT2D eigenvalue weighted by Crippen LogP contribution is 2.16. The summed E-state index contributed by atoms with van der Waals surface area (Å²) in [6, 6.07) is 3.63. The molecule has 0 amide bonds. The minimum absolute atomic E-state index is 0.213. The minimum Gasteiger partial charge on any atom is -0.464 e. The van der Waals surface area contributed by atoms with Crippen molar-refractivity contribution in [1.82, 2.24) is 15.1 Å². The molecule has 19 heavy (non-hydrogen) atoms. The molecule has 0 aromatic carbocycles. The molecular formula is C12H19N5O2. The highest BCUT2D eigenvalue weighted by molar-refractivity contribution is 5.86. The van der Waals surface area contributed by atoms with Gasteiger partial charge in [-0.05, 0) is 19.2 Å². The molecule has 1 aliphatic rings. The first-order valence-electron chi connectivity index (χ1n) is 6.23. The lowest BCUT2D eigenvalue weighted by molar-refractivity contribution is 0.0592. The number of esters is 1. The summed E-state index contributed by atoms with van der Waals surface area (Å²) in [6.45, 7) is 3.27. The van der Waals surface area contributed by atoms with Crippen molar-refractivity contribution < 1.29 is 9.53 Å². The van der Waals surface area contributed by atoms with E-state index in [1.165, 1.54) is 7.11 Å². The number of carbonyl (C=O) groups is 1. The van der Waals surface area contributed by atoms with E-state index in [1.807, 2.05) is 0 Å². The topological polar surface area (TPSA) is 84.6 Å². The van der Waals surface area contributed by atoms with Gasteiger partial charge in [-0.3, -0.25) is 0 Å². The second-order valence-corrected chi connectivity index (χ2v) is 4.61. The van der Waals surface area contributed by atoms with Crippen molar-refractivity contribution in [3.8, 4) is 0 Å². The number of ether oxygens (including phenoxy) is 1. The number of hydrogen-bond donors (Lipinski definition) is 1. The largest absolute Gasteiger partial charge is 0.464 e. The van der Waals surface area contributed by atoms with E-state index in [0.717, 1.165) is 25.5 Å². The monoisotopic (exact) mass is 265 g/mol. The number of hydrogen-bond acceptors (Lipinski definition) is 7. The van der Waals surface area contributed by atoms with Crippen LogP contribution in [-0.2, 0) is 4.74 Å². The maximum atomic E-state index is 11.3. The molecule has 0 radical (unpaired) electrons. The summed E-state index contributed by atoms with van der Waals surface area (Å²) in [4.78, 5) is 15.7. The van der Waals surface area contributed by atoms with Gasteiger partial charge in [0.1, 0.15) is 0 Å². The van der Waals surface area contributed by atoms with Crippen LogP contribution in [0.25, 0.3) is 0 Å². The molecule has 1 aromatic heterocycles. The maximum absolute atomic E-state index is 11.3. The number of nitrogens with zero attached hydrogens (tertiary/aromatic N) is 4. The van der Waals surface area contributed by atoms with Crippen molar-refractivity contribution in [2.75, 3.05) is 45.2 Å². The van der Waals surface area contributed by atoms with E-state index in [-0.39, 0.29) is 11.7 Å². The van der Waals surface area contributed by atoms with Crippen molar-refractivity contribution in [1.29, 1.82) is 0 Å². The third kappa shape index (κ3) is 2.99. The second-order valence-electron chi connectivity index (χ2n) is 4.61. The molecule has 2 rings (SSSR count). The SMILES string of the molecule is COC(=O)c1ccc(N2CCN(C)CC2CN)nn1. The Balaban J connectivity index is 2.14. The van der Waals surface area contributed by atoms with Crippen molar-refractivity contribution in [2.45, 2.75) is 6.04 Å². The first-order valence-corrected chi connectivity index (χ1v) is 6.23. The minimum atomic E-state index is -0.479. The average molecular weight is 265 g/mol. The Morgan fingerprint density at radius 2 is 2.26 bits per heavy atom. The van der Waals surface area contributed by atoms with E-state index < -0.39 is 5.97 Å². The fourth-order valence-electron chi connectivity index (χ4n) is 2.21. The fraction of sp³-hybridized carbons (Fsp3) is 0.583. The van der Waals surface area contributed by atoms with Crippen molar-refractivity contribution in [3.05, 3.63) is 17.8 Å². The van der Waals surface area contributed by atoms with Gasteiger partial charge >= 0.3 is 5.97 Å². The Morgan fingerprint density at radius 3 is 2.84 bits per heavy atom. The zero-order valence-electron chi connectivity index (χ0n) is 11.2. The van der Waals surface area contributed by atoms with Gasteiger partial charge < -0.3 is 20.3 Å². The van der Waals surface area contributed by atoms with E-state index in [9.17, 15) is 4.79 Å². The number of nitrogens with two attached hydrogens (primary N) is 1. The number of likely N-dealkylation sites (N-methyl/N-ethyl adjacent to an activating group) is 1. The van der Waals surface area contributed by atoms with Gasteiger partial charge in [0, 0.05) is 26.2 Å². The Bertz CT molecular complexity index is 436. The number of carbonyl (C=O) groups excluding carboxylic acids is 1. The number of anilines is 1. The highest BCUT2D eigenvalue weighted by atomic mass is 16.5. The molecule has 0 bridgehead atoms. The molecule has 2 heterocycles. The lowest BCUT2D eigenvalue weighted by Crippen LogP contribution is -2.55. The third-order valence-corrected chi connectivity index (χ3v) is 3.30. The van der Waals surface area contributed by atoms with Crippen LogP contribution in [-0.4, -0.2) is 67.4 Å². The standard InChI is InChI=1S/C12H19N5O2/c1-16-5-6-17(9(7-13)8-16)11-4-3-10(14-15-11)12(18)19-2/h3-4,9H,5-8,13H2,1-2H3. The molecule has 1 atom stereocenters. The molecule has 0 spiro atoms. The van der Waals surface area contributed by atoms with E-state index in [2.05, 4.69) is 31.8 Å². The number of aromatic nitrogens is 2. The van der Waals surface area contributed by atoms with Crippen LogP contribution in [0, 0.1) is 0 Å². The van der Waals surface area contributed by atoms with E-state index in [1.54, 1.807) is 12.1 Å². The Hall–Kier alpha value is -1.73. The number of rotatable bonds is 3. The van der Waals surface area contributed by atoms with Crippen LogP contribution >= 0.6 is 0 Å². The smallest absolute Gasteiger partial charge is 0.358 e. The molecule has 2 N–H and O–H groups in total. The number of piperazine rings is 1. The molecule has 7 heteroatoms. The predicted molar refractivity (Wildman–Crippen MR) is 71.1 cm³/mol. The van der Waals surface area contributed by atoms with E-state index in [4.69, 9.17) is 5.73 Å². The summed E-state index contributed by atoms with van der Waals surface area (Å²) >= 11 is 0. The van der Waals surface area contributed by atoms with Gasteiger partial charge in [-0.1, -0.05) is 0 Å². The Labute approximate surface area is 112 Å². The molecule has 7 nitrogen and oxygen atoms in total. The second kappa shape index (κ2) is 5.94. The van der Waals surface area contributed by atoms with Gasteiger partial charge in [-0.15, -0.1) is 10.2 Å². The number of methoxy groups -OCH3 is 1. The summed E-state index contributed by atoms with van der Waals surface area (Å²) in [5.41, 5.74) is 6.01. The van der Waals surface area contributed by atoms with E-state index in [0.29, 0.717) is 6.54 Å². The normalized spacial score (nSPS) is 20.4. The zero-order valence-corrected chi connectivity index (χ0v) is 11.2. The van der Waals surface area contributed by atoms with Gasteiger partial charge in [-0.2, -0.15) is 0 Å². The van der Waals surface area contributed by atoms with Crippen molar-refractivity contribution >= 4 is 11.8 Å². The molecule has 0 aliphatic carbocycles. The zero-order chi connectivity index (χ0) is 13.8. The predicted octanol–water partition coefficient (Wildman–Crippen LogP) is -0.658. The third-order valence-electron chi connectivity index (χ3n) is 3.30. The summed E-state index contributed by atoms with van der Waals surface area (Å²) in [6.07, 6.45) is 0. The van der Waals surface area contributed by atoms with Crippen LogP contribution < -0.4 is 10.6 Å². The lowest BCUT2D eigenvalue weighted by atomic mass is 10.1. The highest BCUT2D eigenvalue weighted by Gasteiger charge is 2.25. The molecule has 1 saturated heterocycles. The molecule has 1 aliphatic heterocycles. The average Bonchev–Trinajstić information content (AvgIpc) is 2.46. The van der Waals surface area contributed by atoms with Crippen LogP contribution in [0.4, 0.5) is 5.82 Å². The maximum Gasteiger partial charge on any atom is 0.358 e. The molecule has 0 saturated carbocycles. The van der Waals surface area contributed by atoms with Gasteiger partial charge in [0.15, 0.2) is 11.5 Å². The van der Waals surface area contributed by atoms with Gasteiger partial charge in [-0.25, -0.2) is 4.79 Å². The lowest BCUT2D eigenvalue weighted by Gasteiger charge is -2.39. The quantitative estimate of drug-likeness (QED) is 0.726. The van der Waals surface area contributed by atoms with Gasteiger partial charge in [0.05, 0.1) is 13.2 Å². The van der Waals surface area contributed by atoms with E-state index >= 15 is 0 Å². The summed E-state index contributed by atoms with van der Waals surface area (Å²) in [5.74, 6) is 0.268.